The summed E-state index contributed by atoms with van der Waals surface area (Å²) in [6, 6.07) is 0.186. The van der Waals surface area contributed by atoms with Crippen molar-refractivity contribution in [1.82, 2.24) is 5.32 Å². The molecule has 1 rings (SSSR count). The van der Waals surface area contributed by atoms with Gasteiger partial charge in [0.2, 0.25) is 5.91 Å². The lowest BCUT2D eigenvalue weighted by Gasteiger charge is -2.53. The van der Waals surface area contributed by atoms with Crippen molar-refractivity contribution in [3.63, 3.8) is 0 Å². The highest BCUT2D eigenvalue weighted by atomic mass is 16.5. The third-order valence-electron chi connectivity index (χ3n) is 3.18. The highest BCUT2D eigenvalue weighted by Gasteiger charge is 2.50. The molecule has 1 saturated carbocycles. The van der Waals surface area contributed by atoms with E-state index in [2.05, 4.69) is 46.5 Å². The van der Waals surface area contributed by atoms with Crippen LogP contribution in [0.4, 0.5) is 0 Å². The van der Waals surface area contributed by atoms with Crippen molar-refractivity contribution in [1.29, 1.82) is 0 Å². The van der Waals surface area contributed by atoms with Gasteiger partial charge in [0.05, 0.1) is 11.7 Å². The summed E-state index contributed by atoms with van der Waals surface area (Å²) in [4.78, 5) is 11.2. The summed E-state index contributed by atoms with van der Waals surface area (Å²) in [5.41, 5.74) is -0.138. The van der Waals surface area contributed by atoms with Crippen molar-refractivity contribution < 1.29 is 9.53 Å². The van der Waals surface area contributed by atoms with Gasteiger partial charge in [0.25, 0.3) is 0 Å². The van der Waals surface area contributed by atoms with Gasteiger partial charge < -0.3 is 10.1 Å². The van der Waals surface area contributed by atoms with Crippen molar-refractivity contribution in [3.8, 4) is 0 Å². The van der Waals surface area contributed by atoms with Crippen LogP contribution >= 0.6 is 0 Å². The minimum atomic E-state index is -0.130. The molecule has 0 spiro atoms. The zero-order valence-corrected chi connectivity index (χ0v) is 11.0. The Labute approximate surface area is 98.2 Å². The molecular weight excluding hydrogens is 202 g/mol. The van der Waals surface area contributed by atoms with Gasteiger partial charge in [-0.3, -0.25) is 4.79 Å². The zero-order chi connectivity index (χ0) is 12.6. The molecule has 1 aliphatic rings. The van der Waals surface area contributed by atoms with E-state index in [4.69, 9.17) is 4.74 Å². The summed E-state index contributed by atoms with van der Waals surface area (Å²) in [7, 11) is 0. The predicted molar refractivity (Wildman–Crippen MR) is 65.2 cm³/mol. The molecule has 1 aliphatic carbocycles. The molecule has 16 heavy (non-hydrogen) atoms. The lowest BCUT2D eigenvalue weighted by molar-refractivity contribution is -0.174. The first-order chi connectivity index (χ1) is 7.16. The van der Waals surface area contributed by atoms with E-state index in [-0.39, 0.29) is 29.1 Å². The van der Waals surface area contributed by atoms with Crippen molar-refractivity contribution in [3.05, 3.63) is 12.7 Å². The van der Waals surface area contributed by atoms with E-state index in [0.717, 1.165) is 6.42 Å². The summed E-state index contributed by atoms with van der Waals surface area (Å²) < 4.78 is 5.96. The molecule has 0 aliphatic heterocycles. The van der Waals surface area contributed by atoms with E-state index < -0.39 is 0 Å². The topological polar surface area (TPSA) is 38.3 Å². The number of ether oxygens (including phenoxy) is 1. The number of hydrogen-bond donors (Lipinski definition) is 1. The summed E-state index contributed by atoms with van der Waals surface area (Å²) in [6.45, 7) is 13.9. The van der Waals surface area contributed by atoms with E-state index >= 15 is 0 Å². The largest absolute Gasteiger partial charge is 0.372 e. The van der Waals surface area contributed by atoms with Gasteiger partial charge in [-0.05, 0) is 33.3 Å². The molecule has 0 heterocycles. The molecule has 3 heteroatoms. The van der Waals surface area contributed by atoms with Gasteiger partial charge in [0.1, 0.15) is 0 Å². The summed E-state index contributed by atoms with van der Waals surface area (Å²) >= 11 is 0. The predicted octanol–water partition coefficient (Wildman–Crippen LogP) is 2.27. The summed E-state index contributed by atoms with van der Waals surface area (Å²) in [5, 5.41) is 2.94. The van der Waals surface area contributed by atoms with Crippen LogP contribution in [0, 0.1) is 5.41 Å². The van der Waals surface area contributed by atoms with Gasteiger partial charge in [-0.2, -0.15) is 0 Å². The molecule has 0 radical (unpaired) electrons. The van der Waals surface area contributed by atoms with E-state index in [1.165, 1.54) is 6.08 Å². The van der Waals surface area contributed by atoms with Gasteiger partial charge in [0.15, 0.2) is 0 Å². The number of rotatable bonds is 3. The molecule has 0 bridgehead atoms. The first-order valence-electron chi connectivity index (χ1n) is 5.77. The van der Waals surface area contributed by atoms with Gasteiger partial charge in [0, 0.05) is 11.5 Å². The second-order valence-corrected chi connectivity index (χ2v) is 6.04. The summed E-state index contributed by atoms with van der Waals surface area (Å²) in [5.74, 6) is -0.104. The van der Waals surface area contributed by atoms with Crippen LogP contribution in [-0.2, 0) is 9.53 Å². The normalized spacial score (nSPS) is 28.1. The molecule has 0 aromatic carbocycles. The second-order valence-electron chi connectivity index (χ2n) is 6.04. The second kappa shape index (κ2) is 4.21. The lowest BCUT2D eigenvalue weighted by atomic mass is 9.64. The Morgan fingerprint density at radius 3 is 2.44 bits per heavy atom. The van der Waals surface area contributed by atoms with E-state index in [0.29, 0.717) is 0 Å². The summed E-state index contributed by atoms with van der Waals surface area (Å²) in [6.07, 6.45) is 2.40. The Bertz CT molecular complexity index is 289. The number of nitrogens with one attached hydrogen (secondary N) is 1. The van der Waals surface area contributed by atoms with Crippen molar-refractivity contribution in [2.24, 2.45) is 5.41 Å². The van der Waals surface area contributed by atoms with Crippen LogP contribution in [0.3, 0.4) is 0 Å². The third kappa shape index (κ3) is 2.85. The molecule has 2 atom stereocenters. The first kappa shape index (κ1) is 13.2. The minimum Gasteiger partial charge on any atom is -0.372 e. The van der Waals surface area contributed by atoms with Crippen LogP contribution in [0.15, 0.2) is 12.7 Å². The fraction of sp³-hybridized carbons (Fsp3) is 0.769. The van der Waals surface area contributed by atoms with Crippen LogP contribution in [0.5, 0.6) is 0 Å². The van der Waals surface area contributed by atoms with Crippen LogP contribution in [0.1, 0.15) is 41.0 Å². The third-order valence-corrected chi connectivity index (χ3v) is 3.18. The molecular formula is C13H23NO2. The minimum absolute atomic E-state index is 0.00799. The SMILES string of the molecule is C=CC(=O)NC1CC(OC(C)(C)C)C1(C)C. The van der Waals surface area contributed by atoms with Crippen LogP contribution < -0.4 is 5.32 Å². The fourth-order valence-electron chi connectivity index (χ4n) is 1.99. The fourth-order valence-corrected chi connectivity index (χ4v) is 1.99. The number of carbonyl (C=O) groups excluding carboxylic acids is 1. The standard InChI is InChI=1S/C13H23NO2/c1-7-11(15)14-9-8-10(13(9,5)6)16-12(2,3)4/h7,9-10H,1,8H2,2-6H3,(H,14,15). The highest BCUT2D eigenvalue weighted by molar-refractivity contribution is 5.87. The smallest absolute Gasteiger partial charge is 0.243 e. The van der Waals surface area contributed by atoms with Crippen LogP contribution in [0.2, 0.25) is 0 Å². The Balaban J connectivity index is 2.53. The molecule has 0 aromatic rings. The molecule has 92 valence electrons. The Hall–Kier alpha value is -0.830. The van der Waals surface area contributed by atoms with E-state index in [9.17, 15) is 4.79 Å². The van der Waals surface area contributed by atoms with Crippen LogP contribution in [0.25, 0.3) is 0 Å². The highest BCUT2D eigenvalue weighted by Crippen LogP contribution is 2.44. The van der Waals surface area contributed by atoms with E-state index in [1.807, 2.05) is 0 Å². The van der Waals surface area contributed by atoms with Gasteiger partial charge in [-0.15, -0.1) is 0 Å². The van der Waals surface area contributed by atoms with Gasteiger partial charge in [-0.1, -0.05) is 20.4 Å². The van der Waals surface area contributed by atoms with Gasteiger partial charge >= 0.3 is 0 Å². The maximum atomic E-state index is 11.2. The molecule has 0 aromatic heterocycles. The van der Waals surface area contributed by atoms with Crippen molar-refractivity contribution in [2.45, 2.75) is 58.8 Å². The average Bonchev–Trinajstić information content (AvgIpc) is 2.14. The average molecular weight is 225 g/mol. The Morgan fingerprint density at radius 1 is 1.50 bits per heavy atom. The maximum absolute atomic E-state index is 11.2. The first-order valence-corrected chi connectivity index (χ1v) is 5.77. The monoisotopic (exact) mass is 225 g/mol. The molecule has 1 N–H and O–H groups in total. The quantitative estimate of drug-likeness (QED) is 0.748. The molecule has 0 saturated heterocycles. The number of hydrogen-bond acceptors (Lipinski definition) is 2. The Kier molecular flexibility index (Phi) is 3.48. The number of amides is 1. The van der Waals surface area contributed by atoms with Crippen molar-refractivity contribution >= 4 is 5.91 Å². The van der Waals surface area contributed by atoms with E-state index in [1.54, 1.807) is 0 Å². The maximum Gasteiger partial charge on any atom is 0.243 e. The zero-order valence-electron chi connectivity index (χ0n) is 11.0. The molecule has 1 amide bonds. The Morgan fingerprint density at radius 2 is 2.06 bits per heavy atom. The number of carbonyl (C=O) groups is 1. The molecule has 2 unspecified atom stereocenters. The van der Waals surface area contributed by atoms with Gasteiger partial charge in [-0.25, -0.2) is 0 Å². The molecule has 3 nitrogen and oxygen atoms in total. The molecule has 1 fully saturated rings. The van der Waals surface area contributed by atoms with Crippen LogP contribution in [-0.4, -0.2) is 23.7 Å². The van der Waals surface area contributed by atoms with Crippen molar-refractivity contribution in [2.75, 3.05) is 0 Å². The lowest BCUT2D eigenvalue weighted by Crippen LogP contribution is -2.63.